The Morgan fingerprint density at radius 2 is 1.87 bits per heavy atom. The Labute approximate surface area is 181 Å². The Bertz CT molecular complexity index is 1190. The van der Waals surface area contributed by atoms with E-state index >= 15 is 0 Å². The minimum absolute atomic E-state index is 0.161. The standard InChI is InChI=1S/C22H17N3O5S/c1-28-17-6-3-2-5-16(17)20-24-19(30-25-20)13-29-22(27)14-8-10-15(11-9-14)23-21(26)18-7-4-12-31-18/h2-12H,13H2,1H3,(H,23,26). The zero-order valence-electron chi connectivity index (χ0n) is 16.4. The van der Waals surface area contributed by atoms with Crippen molar-refractivity contribution in [2.75, 3.05) is 12.4 Å². The number of hydrogen-bond acceptors (Lipinski definition) is 8. The number of nitrogens with zero attached hydrogens (tertiary/aromatic N) is 2. The van der Waals surface area contributed by atoms with Crippen molar-refractivity contribution in [1.82, 2.24) is 10.1 Å². The number of aromatic nitrogens is 2. The highest BCUT2D eigenvalue weighted by molar-refractivity contribution is 7.12. The maximum Gasteiger partial charge on any atom is 0.338 e. The van der Waals surface area contributed by atoms with E-state index in [1.807, 2.05) is 17.5 Å². The highest BCUT2D eigenvalue weighted by atomic mass is 32.1. The third kappa shape index (κ3) is 4.78. The van der Waals surface area contributed by atoms with Crippen LogP contribution in [0.5, 0.6) is 5.75 Å². The summed E-state index contributed by atoms with van der Waals surface area (Å²) in [4.78, 5) is 29.2. The van der Waals surface area contributed by atoms with Crippen molar-refractivity contribution in [3.05, 3.63) is 82.4 Å². The predicted molar refractivity (Wildman–Crippen MR) is 114 cm³/mol. The number of anilines is 1. The molecule has 0 spiro atoms. The van der Waals surface area contributed by atoms with E-state index in [0.717, 1.165) is 0 Å². The number of hydrogen-bond donors (Lipinski definition) is 1. The lowest BCUT2D eigenvalue weighted by molar-refractivity contribution is 0.0430. The van der Waals surface area contributed by atoms with Gasteiger partial charge in [-0.1, -0.05) is 23.4 Å². The number of amides is 1. The zero-order chi connectivity index (χ0) is 21.6. The molecule has 2 aromatic heterocycles. The molecule has 0 saturated heterocycles. The summed E-state index contributed by atoms with van der Waals surface area (Å²) in [5, 5.41) is 8.51. The molecule has 0 saturated carbocycles. The van der Waals surface area contributed by atoms with E-state index in [9.17, 15) is 9.59 Å². The number of carbonyl (C=O) groups is 2. The molecule has 0 aliphatic carbocycles. The molecule has 4 aromatic rings. The van der Waals surface area contributed by atoms with Crippen LogP contribution in [0.25, 0.3) is 11.4 Å². The molecule has 0 bridgehead atoms. The van der Waals surface area contributed by atoms with Crippen LogP contribution < -0.4 is 10.1 Å². The summed E-state index contributed by atoms with van der Waals surface area (Å²) in [5.41, 5.74) is 1.58. The highest BCUT2D eigenvalue weighted by Crippen LogP contribution is 2.27. The number of rotatable bonds is 7. The molecule has 2 aromatic carbocycles. The fourth-order valence-corrected chi connectivity index (χ4v) is 3.37. The van der Waals surface area contributed by atoms with Gasteiger partial charge < -0.3 is 19.3 Å². The summed E-state index contributed by atoms with van der Waals surface area (Å²) in [6.07, 6.45) is 0. The van der Waals surface area contributed by atoms with Gasteiger partial charge in [0.25, 0.3) is 11.8 Å². The average Bonchev–Trinajstić information content (AvgIpc) is 3.50. The number of benzene rings is 2. The molecule has 2 heterocycles. The van der Waals surface area contributed by atoms with Crippen LogP contribution in [0.2, 0.25) is 0 Å². The van der Waals surface area contributed by atoms with Crippen molar-refractivity contribution in [1.29, 1.82) is 0 Å². The van der Waals surface area contributed by atoms with Crippen LogP contribution in [0.15, 0.2) is 70.6 Å². The second-order valence-electron chi connectivity index (χ2n) is 6.30. The Morgan fingerprint density at radius 3 is 2.61 bits per heavy atom. The Hall–Kier alpha value is -3.98. The third-order valence-corrected chi connectivity index (χ3v) is 5.13. The second kappa shape index (κ2) is 9.23. The molecule has 0 fully saturated rings. The summed E-state index contributed by atoms with van der Waals surface area (Å²) in [7, 11) is 1.56. The maximum absolute atomic E-state index is 12.3. The molecule has 0 radical (unpaired) electrons. The molecular formula is C22H17N3O5S. The van der Waals surface area contributed by atoms with E-state index < -0.39 is 5.97 Å². The van der Waals surface area contributed by atoms with Crippen molar-refractivity contribution in [3.8, 4) is 17.1 Å². The minimum atomic E-state index is -0.548. The summed E-state index contributed by atoms with van der Waals surface area (Å²) in [5.74, 6) is 0.363. The number of esters is 1. The van der Waals surface area contributed by atoms with E-state index in [-0.39, 0.29) is 18.4 Å². The normalized spacial score (nSPS) is 10.5. The van der Waals surface area contributed by atoms with Gasteiger partial charge in [0.05, 0.1) is 23.1 Å². The number of carbonyl (C=O) groups excluding carboxylic acids is 2. The van der Waals surface area contributed by atoms with Crippen LogP contribution >= 0.6 is 11.3 Å². The summed E-state index contributed by atoms with van der Waals surface area (Å²) in [6.45, 7) is -0.169. The van der Waals surface area contributed by atoms with Gasteiger partial charge in [-0.05, 0) is 47.8 Å². The lowest BCUT2D eigenvalue weighted by atomic mass is 10.2. The molecular weight excluding hydrogens is 418 g/mol. The smallest absolute Gasteiger partial charge is 0.338 e. The van der Waals surface area contributed by atoms with Crippen molar-refractivity contribution < 1.29 is 23.6 Å². The molecule has 0 atom stereocenters. The van der Waals surface area contributed by atoms with Crippen molar-refractivity contribution in [2.24, 2.45) is 0 Å². The molecule has 156 valence electrons. The van der Waals surface area contributed by atoms with Crippen LogP contribution in [-0.4, -0.2) is 29.1 Å². The maximum atomic E-state index is 12.3. The van der Waals surface area contributed by atoms with E-state index in [1.165, 1.54) is 11.3 Å². The van der Waals surface area contributed by atoms with Crippen LogP contribution in [0.1, 0.15) is 25.9 Å². The van der Waals surface area contributed by atoms with Gasteiger partial charge in [-0.2, -0.15) is 4.98 Å². The van der Waals surface area contributed by atoms with Gasteiger partial charge in [-0.3, -0.25) is 4.79 Å². The van der Waals surface area contributed by atoms with Crippen molar-refractivity contribution in [3.63, 3.8) is 0 Å². The molecule has 4 rings (SSSR count). The van der Waals surface area contributed by atoms with Gasteiger partial charge in [0.15, 0.2) is 6.61 Å². The van der Waals surface area contributed by atoms with Crippen LogP contribution in [0, 0.1) is 0 Å². The fraction of sp³-hybridized carbons (Fsp3) is 0.0909. The van der Waals surface area contributed by atoms with Gasteiger partial charge >= 0.3 is 5.97 Å². The molecule has 1 N–H and O–H groups in total. The first-order valence-corrected chi connectivity index (χ1v) is 10.1. The summed E-state index contributed by atoms with van der Waals surface area (Å²) >= 11 is 1.35. The lowest BCUT2D eigenvalue weighted by Gasteiger charge is -2.05. The Balaban J connectivity index is 1.35. The second-order valence-corrected chi connectivity index (χ2v) is 7.24. The first-order valence-electron chi connectivity index (χ1n) is 9.22. The lowest BCUT2D eigenvalue weighted by Crippen LogP contribution is -2.10. The SMILES string of the molecule is COc1ccccc1-c1noc(COC(=O)c2ccc(NC(=O)c3cccs3)cc2)n1. The first-order chi connectivity index (χ1) is 15.1. The highest BCUT2D eigenvalue weighted by Gasteiger charge is 2.15. The number of thiophene rings is 1. The van der Waals surface area contributed by atoms with Crippen molar-refractivity contribution >= 4 is 28.9 Å². The van der Waals surface area contributed by atoms with E-state index in [2.05, 4.69) is 15.5 Å². The van der Waals surface area contributed by atoms with Gasteiger partial charge in [-0.15, -0.1) is 11.3 Å². The fourth-order valence-electron chi connectivity index (χ4n) is 2.75. The minimum Gasteiger partial charge on any atom is -0.496 e. The molecule has 0 unspecified atom stereocenters. The largest absolute Gasteiger partial charge is 0.496 e. The molecule has 0 aliphatic rings. The van der Waals surface area contributed by atoms with E-state index in [1.54, 1.807) is 55.6 Å². The number of ether oxygens (including phenoxy) is 2. The van der Waals surface area contributed by atoms with E-state index in [4.69, 9.17) is 14.0 Å². The van der Waals surface area contributed by atoms with Gasteiger partial charge in [0.2, 0.25) is 5.82 Å². The Morgan fingerprint density at radius 1 is 1.06 bits per heavy atom. The molecule has 0 aliphatic heterocycles. The zero-order valence-corrected chi connectivity index (χ0v) is 17.2. The summed E-state index contributed by atoms with van der Waals surface area (Å²) in [6, 6.07) is 17.2. The van der Waals surface area contributed by atoms with Gasteiger partial charge in [0, 0.05) is 5.69 Å². The monoisotopic (exact) mass is 435 g/mol. The molecule has 1 amide bonds. The van der Waals surface area contributed by atoms with E-state index in [0.29, 0.717) is 33.3 Å². The Kier molecular flexibility index (Phi) is 6.04. The predicted octanol–water partition coefficient (Wildman–Crippen LogP) is 4.42. The van der Waals surface area contributed by atoms with Crippen LogP contribution in [0.3, 0.4) is 0 Å². The van der Waals surface area contributed by atoms with Gasteiger partial charge in [-0.25, -0.2) is 4.79 Å². The number of nitrogens with one attached hydrogen (secondary N) is 1. The first kappa shape index (κ1) is 20.3. The number of para-hydroxylation sites is 1. The molecule has 31 heavy (non-hydrogen) atoms. The third-order valence-electron chi connectivity index (χ3n) is 4.27. The molecule has 9 heteroatoms. The van der Waals surface area contributed by atoms with Crippen molar-refractivity contribution in [2.45, 2.75) is 6.61 Å². The molecule has 8 nitrogen and oxygen atoms in total. The number of methoxy groups -OCH3 is 1. The van der Waals surface area contributed by atoms with Gasteiger partial charge in [0.1, 0.15) is 5.75 Å². The summed E-state index contributed by atoms with van der Waals surface area (Å²) < 4.78 is 15.7. The topological polar surface area (TPSA) is 104 Å². The average molecular weight is 435 g/mol. The van der Waals surface area contributed by atoms with Crippen LogP contribution in [-0.2, 0) is 11.3 Å². The quantitative estimate of drug-likeness (QED) is 0.429. The van der Waals surface area contributed by atoms with Crippen LogP contribution in [0.4, 0.5) is 5.69 Å².